The van der Waals surface area contributed by atoms with E-state index in [0.717, 1.165) is 5.56 Å². The zero-order valence-corrected chi connectivity index (χ0v) is 21.0. The minimum Gasteiger partial charge on any atom is -0.326 e. The van der Waals surface area contributed by atoms with Gasteiger partial charge in [0.2, 0.25) is 5.91 Å². The SMILES string of the molecule is O=C(N/N=C/c1ccccc1)c1cc(NC(=O)C2C(c3cc(Cl)cc(Cl)c3)C2(Cl)Cl)ccc1Cl. The molecule has 0 saturated heterocycles. The first-order valence-corrected chi connectivity index (χ1v) is 11.9. The molecular formula is C24H16Cl5N3O2. The Kier molecular flexibility index (Phi) is 7.41. The van der Waals surface area contributed by atoms with Gasteiger partial charge in [-0.05, 0) is 47.5 Å². The standard InChI is InChI=1S/C24H16Cl5N3O2/c25-15-8-14(9-16(26)10-15)20-21(24(20,28)29)23(34)31-17-6-7-19(27)18(11-17)22(33)32-30-12-13-4-2-1-3-5-13/h1-12,20-21H,(H,31,34)(H,32,33)/b30-12+. The van der Waals surface area contributed by atoms with Crippen LogP contribution in [0.25, 0.3) is 0 Å². The first kappa shape index (κ1) is 24.8. The van der Waals surface area contributed by atoms with Crippen LogP contribution in [0.15, 0.2) is 71.8 Å². The predicted octanol–water partition coefficient (Wildman–Crippen LogP) is 6.94. The Balaban J connectivity index is 1.46. The molecule has 2 unspecified atom stereocenters. The van der Waals surface area contributed by atoms with Gasteiger partial charge in [-0.15, -0.1) is 23.2 Å². The summed E-state index contributed by atoms with van der Waals surface area (Å²) in [6, 6.07) is 18.7. The second kappa shape index (κ2) is 10.1. The molecule has 0 aromatic heterocycles. The second-order valence-electron chi connectivity index (χ2n) is 7.63. The summed E-state index contributed by atoms with van der Waals surface area (Å²) in [5, 5.41) is 7.72. The van der Waals surface area contributed by atoms with E-state index in [9.17, 15) is 9.59 Å². The van der Waals surface area contributed by atoms with Gasteiger partial charge in [-0.3, -0.25) is 9.59 Å². The average Bonchev–Trinajstić information content (AvgIpc) is 3.37. The zero-order chi connectivity index (χ0) is 24.5. The molecule has 0 radical (unpaired) electrons. The fourth-order valence-corrected chi connectivity index (χ4v) is 5.16. The third-order valence-corrected chi connectivity index (χ3v) is 6.94. The van der Waals surface area contributed by atoms with Crippen molar-refractivity contribution in [1.82, 2.24) is 5.43 Å². The quantitative estimate of drug-likeness (QED) is 0.197. The smallest absolute Gasteiger partial charge is 0.272 e. The van der Waals surface area contributed by atoms with Gasteiger partial charge in [0.05, 0.1) is 22.7 Å². The van der Waals surface area contributed by atoms with Crippen molar-refractivity contribution in [2.24, 2.45) is 11.0 Å². The summed E-state index contributed by atoms with van der Waals surface area (Å²) in [6.45, 7) is 0. The molecule has 1 aliphatic carbocycles. The summed E-state index contributed by atoms with van der Waals surface area (Å²) in [7, 11) is 0. The summed E-state index contributed by atoms with van der Waals surface area (Å²) >= 11 is 31.1. The molecule has 34 heavy (non-hydrogen) atoms. The number of anilines is 1. The maximum Gasteiger partial charge on any atom is 0.272 e. The van der Waals surface area contributed by atoms with Gasteiger partial charge in [0, 0.05) is 21.7 Å². The number of hydrazone groups is 1. The number of rotatable bonds is 6. The van der Waals surface area contributed by atoms with Crippen molar-refractivity contribution in [1.29, 1.82) is 0 Å². The molecule has 2 amide bonds. The predicted molar refractivity (Wildman–Crippen MR) is 139 cm³/mol. The number of halogens is 5. The lowest BCUT2D eigenvalue weighted by molar-refractivity contribution is -0.117. The highest BCUT2D eigenvalue weighted by atomic mass is 35.5. The van der Waals surface area contributed by atoms with Crippen LogP contribution in [0.3, 0.4) is 0 Å². The van der Waals surface area contributed by atoms with Crippen molar-refractivity contribution in [3.63, 3.8) is 0 Å². The third kappa shape index (κ3) is 5.51. The van der Waals surface area contributed by atoms with Gasteiger partial charge >= 0.3 is 0 Å². The first-order valence-electron chi connectivity index (χ1n) is 9.99. The molecule has 0 aliphatic heterocycles. The highest BCUT2D eigenvalue weighted by molar-refractivity contribution is 6.53. The van der Waals surface area contributed by atoms with Crippen molar-refractivity contribution in [2.45, 2.75) is 10.3 Å². The van der Waals surface area contributed by atoms with Crippen molar-refractivity contribution >= 4 is 81.7 Å². The Hall–Kier alpha value is -2.28. The number of carbonyl (C=O) groups excluding carboxylic acids is 2. The summed E-state index contributed by atoms with van der Waals surface area (Å²) < 4.78 is -1.32. The molecule has 0 bridgehead atoms. The van der Waals surface area contributed by atoms with Crippen LogP contribution in [0.1, 0.15) is 27.4 Å². The number of carbonyl (C=O) groups is 2. The van der Waals surface area contributed by atoms with E-state index < -0.39 is 28.0 Å². The van der Waals surface area contributed by atoms with Gasteiger partial charge in [-0.2, -0.15) is 5.10 Å². The van der Waals surface area contributed by atoms with E-state index in [1.807, 2.05) is 30.3 Å². The fourth-order valence-electron chi connectivity index (χ4n) is 3.58. The van der Waals surface area contributed by atoms with E-state index in [4.69, 9.17) is 58.0 Å². The monoisotopic (exact) mass is 553 g/mol. The molecule has 3 aromatic carbocycles. The van der Waals surface area contributed by atoms with E-state index in [2.05, 4.69) is 15.8 Å². The molecule has 1 fully saturated rings. The van der Waals surface area contributed by atoms with Gasteiger partial charge in [-0.1, -0.05) is 65.1 Å². The van der Waals surface area contributed by atoms with Crippen LogP contribution >= 0.6 is 58.0 Å². The van der Waals surface area contributed by atoms with Crippen LogP contribution in [-0.4, -0.2) is 22.4 Å². The minimum absolute atomic E-state index is 0.140. The summed E-state index contributed by atoms with van der Waals surface area (Å²) in [5.74, 6) is -2.18. The summed E-state index contributed by atoms with van der Waals surface area (Å²) in [6.07, 6.45) is 1.51. The Morgan fingerprint density at radius 1 is 0.912 bits per heavy atom. The maximum atomic E-state index is 12.9. The van der Waals surface area contributed by atoms with Crippen LogP contribution in [0.5, 0.6) is 0 Å². The van der Waals surface area contributed by atoms with Crippen molar-refractivity contribution in [3.8, 4) is 0 Å². The van der Waals surface area contributed by atoms with Gasteiger partial charge in [-0.25, -0.2) is 5.43 Å². The molecule has 1 saturated carbocycles. The molecule has 0 spiro atoms. The number of nitrogens with one attached hydrogen (secondary N) is 2. The van der Waals surface area contributed by atoms with Crippen molar-refractivity contribution < 1.29 is 9.59 Å². The lowest BCUT2D eigenvalue weighted by Gasteiger charge is -2.09. The van der Waals surface area contributed by atoms with Crippen LogP contribution in [0.2, 0.25) is 15.1 Å². The number of benzene rings is 3. The van der Waals surface area contributed by atoms with Crippen molar-refractivity contribution in [3.05, 3.63) is 98.5 Å². The zero-order valence-electron chi connectivity index (χ0n) is 17.2. The maximum absolute atomic E-state index is 12.9. The largest absolute Gasteiger partial charge is 0.326 e. The number of amides is 2. The number of nitrogens with zero attached hydrogens (tertiary/aromatic N) is 1. The Labute approximate surface area is 221 Å². The molecule has 2 N–H and O–H groups in total. The van der Waals surface area contributed by atoms with E-state index in [0.29, 0.717) is 21.3 Å². The van der Waals surface area contributed by atoms with Crippen LogP contribution < -0.4 is 10.7 Å². The molecule has 1 aliphatic rings. The van der Waals surface area contributed by atoms with Gasteiger partial charge in [0.25, 0.3) is 5.91 Å². The fraction of sp³-hybridized carbons (Fsp3) is 0.125. The third-order valence-electron chi connectivity index (χ3n) is 5.24. The molecule has 174 valence electrons. The minimum atomic E-state index is -1.32. The normalized spacial score (nSPS) is 18.5. The molecule has 4 rings (SSSR count). The highest BCUT2D eigenvalue weighted by Gasteiger charge is 2.67. The number of hydrogen-bond donors (Lipinski definition) is 2. The van der Waals surface area contributed by atoms with Gasteiger partial charge < -0.3 is 5.32 Å². The molecule has 5 nitrogen and oxygen atoms in total. The van der Waals surface area contributed by atoms with Crippen LogP contribution in [-0.2, 0) is 4.79 Å². The summed E-state index contributed by atoms with van der Waals surface area (Å²) in [5.41, 5.74) is 4.40. The molecule has 3 aromatic rings. The van der Waals surface area contributed by atoms with Gasteiger partial charge in [0.15, 0.2) is 0 Å². The average molecular weight is 556 g/mol. The Morgan fingerprint density at radius 2 is 1.59 bits per heavy atom. The lowest BCUT2D eigenvalue weighted by Crippen LogP contribution is -2.20. The molecule has 0 heterocycles. The Morgan fingerprint density at radius 3 is 2.26 bits per heavy atom. The summed E-state index contributed by atoms with van der Waals surface area (Å²) in [4.78, 5) is 25.5. The highest BCUT2D eigenvalue weighted by Crippen LogP contribution is 2.65. The van der Waals surface area contributed by atoms with E-state index in [1.165, 1.54) is 18.3 Å². The molecule has 2 atom stereocenters. The topological polar surface area (TPSA) is 70.6 Å². The molecule has 10 heteroatoms. The number of alkyl halides is 2. The van der Waals surface area contributed by atoms with E-state index >= 15 is 0 Å². The van der Waals surface area contributed by atoms with Crippen LogP contribution in [0.4, 0.5) is 5.69 Å². The second-order valence-corrected chi connectivity index (χ2v) is 10.4. The first-order chi connectivity index (χ1) is 16.2. The molecular weight excluding hydrogens is 540 g/mol. The number of hydrogen-bond acceptors (Lipinski definition) is 3. The lowest BCUT2D eigenvalue weighted by atomic mass is 10.1. The Bertz CT molecular complexity index is 1260. The van der Waals surface area contributed by atoms with Crippen LogP contribution in [0, 0.1) is 5.92 Å². The van der Waals surface area contributed by atoms with Gasteiger partial charge in [0.1, 0.15) is 4.33 Å². The van der Waals surface area contributed by atoms with Crippen molar-refractivity contribution in [2.75, 3.05) is 5.32 Å². The van der Waals surface area contributed by atoms with E-state index in [-0.39, 0.29) is 10.6 Å². The van der Waals surface area contributed by atoms with E-state index in [1.54, 1.807) is 24.3 Å².